The van der Waals surface area contributed by atoms with Gasteiger partial charge in [0.05, 0.1) is 0 Å². The molecule has 1 N–H and O–H groups in total. The van der Waals surface area contributed by atoms with Gasteiger partial charge in [-0.05, 0) is 69.4 Å². The molecule has 1 aliphatic rings. The maximum Gasteiger partial charge on any atom is 0.410 e. The molecule has 1 aliphatic heterocycles. The topological polar surface area (TPSA) is 41.6 Å². The summed E-state index contributed by atoms with van der Waals surface area (Å²) in [6.45, 7) is 7.24. The molecule has 150 valence electrons. The van der Waals surface area contributed by atoms with E-state index in [1.807, 2.05) is 68.1 Å². The molecule has 2 unspecified atom stereocenters. The van der Waals surface area contributed by atoms with Gasteiger partial charge in [0, 0.05) is 29.8 Å². The molecule has 28 heavy (non-hydrogen) atoms. The minimum absolute atomic E-state index is 0.147. The van der Waals surface area contributed by atoms with Gasteiger partial charge in [0.1, 0.15) is 5.60 Å². The van der Waals surface area contributed by atoms with Crippen molar-refractivity contribution in [2.75, 3.05) is 18.4 Å². The average molecular weight is 401 g/mol. The van der Waals surface area contributed by atoms with E-state index in [1.54, 1.807) is 0 Å². The van der Waals surface area contributed by atoms with E-state index in [0.29, 0.717) is 12.5 Å². The molecule has 1 fully saturated rings. The molecule has 4 nitrogen and oxygen atoms in total. The van der Waals surface area contributed by atoms with Crippen molar-refractivity contribution in [2.24, 2.45) is 5.92 Å². The molecule has 2 atom stereocenters. The maximum absolute atomic E-state index is 12.8. The molecule has 0 aromatic heterocycles. The number of anilines is 1. The first-order valence-electron chi connectivity index (χ1n) is 9.83. The van der Waals surface area contributed by atoms with Gasteiger partial charge in [0.25, 0.3) is 0 Å². The number of nitrogens with zero attached hydrogens (tertiary/aromatic N) is 1. The summed E-state index contributed by atoms with van der Waals surface area (Å²) < 4.78 is 5.67. The lowest BCUT2D eigenvalue weighted by Crippen LogP contribution is -2.41. The number of carbonyl (C=O) groups is 1. The highest BCUT2D eigenvalue weighted by molar-refractivity contribution is 6.30. The highest BCUT2D eigenvalue weighted by Gasteiger charge is 2.37. The summed E-state index contributed by atoms with van der Waals surface area (Å²) in [5.41, 5.74) is 1.79. The molecule has 0 saturated carbocycles. The second-order valence-electron chi connectivity index (χ2n) is 8.47. The van der Waals surface area contributed by atoms with Crippen molar-refractivity contribution in [3.63, 3.8) is 0 Å². The van der Waals surface area contributed by atoms with Crippen molar-refractivity contribution in [2.45, 2.75) is 45.3 Å². The lowest BCUT2D eigenvalue weighted by Gasteiger charge is -2.28. The van der Waals surface area contributed by atoms with Crippen LogP contribution in [0, 0.1) is 5.92 Å². The van der Waals surface area contributed by atoms with Crippen LogP contribution in [0.1, 0.15) is 32.8 Å². The highest BCUT2D eigenvalue weighted by atomic mass is 35.5. The van der Waals surface area contributed by atoms with E-state index in [0.717, 1.165) is 30.1 Å². The van der Waals surface area contributed by atoms with Gasteiger partial charge in [-0.15, -0.1) is 0 Å². The predicted molar refractivity (Wildman–Crippen MR) is 115 cm³/mol. The van der Waals surface area contributed by atoms with Crippen molar-refractivity contribution in [1.82, 2.24) is 4.90 Å². The number of ether oxygens (including phenoxy) is 1. The SMILES string of the molecule is CC(C)(C)OC(=O)N1CC(CNc2ccc(Cl)cc2)CC1Cc1ccccc1. The largest absolute Gasteiger partial charge is 0.444 e. The second-order valence-corrected chi connectivity index (χ2v) is 8.90. The number of hydrogen-bond donors (Lipinski definition) is 1. The van der Waals surface area contributed by atoms with E-state index in [1.165, 1.54) is 5.56 Å². The summed E-state index contributed by atoms with van der Waals surface area (Å²) in [5, 5.41) is 4.20. The Morgan fingerprint density at radius 1 is 1.14 bits per heavy atom. The molecular formula is C23H29ClN2O2. The van der Waals surface area contributed by atoms with Crippen LogP contribution in [0.2, 0.25) is 5.02 Å². The predicted octanol–water partition coefficient (Wildman–Crippen LogP) is 5.62. The molecule has 2 aromatic rings. The van der Waals surface area contributed by atoms with E-state index in [9.17, 15) is 4.79 Å². The maximum atomic E-state index is 12.8. The van der Waals surface area contributed by atoms with Crippen molar-refractivity contribution in [3.05, 3.63) is 65.2 Å². The van der Waals surface area contributed by atoms with E-state index >= 15 is 0 Å². The lowest BCUT2D eigenvalue weighted by atomic mass is 10.00. The molecule has 1 heterocycles. The van der Waals surface area contributed by atoms with Crippen LogP contribution in [0.25, 0.3) is 0 Å². The molecule has 0 spiro atoms. The third kappa shape index (κ3) is 5.90. The molecule has 0 radical (unpaired) electrons. The van der Waals surface area contributed by atoms with Crippen molar-refractivity contribution in [3.8, 4) is 0 Å². The molecule has 0 bridgehead atoms. The van der Waals surface area contributed by atoms with Crippen LogP contribution in [0.3, 0.4) is 0 Å². The molecule has 0 aliphatic carbocycles. The zero-order valence-corrected chi connectivity index (χ0v) is 17.6. The van der Waals surface area contributed by atoms with Gasteiger partial charge in [-0.2, -0.15) is 0 Å². The lowest BCUT2D eigenvalue weighted by molar-refractivity contribution is 0.0222. The first-order chi connectivity index (χ1) is 13.3. The van der Waals surface area contributed by atoms with Gasteiger partial charge in [0.15, 0.2) is 0 Å². The Kier molecular flexibility index (Phi) is 6.50. The fraction of sp³-hybridized carbons (Fsp3) is 0.435. The van der Waals surface area contributed by atoms with Gasteiger partial charge in [-0.3, -0.25) is 0 Å². The molecular weight excluding hydrogens is 372 g/mol. The standard InChI is InChI=1S/C23H29ClN2O2/c1-23(2,3)28-22(27)26-16-18(15-25-20-11-9-19(24)10-12-20)14-21(26)13-17-7-5-4-6-8-17/h4-12,18,21,25H,13-16H2,1-3H3. The summed E-state index contributed by atoms with van der Waals surface area (Å²) >= 11 is 5.96. The second kappa shape index (κ2) is 8.87. The third-order valence-corrected chi connectivity index (χ3v) is 5.13. The van der Waals surface area contributed by atoms with Crippen molar-refractivity contribution < 1.29 is 9.53 Å². The van der Waals surface area contributed by atoms with Crippen molar-refractivity contribution >= 4 is 23.4 Å². The summed E-state index contributed by atoms with van der Waals surface area (Å²) in [4.78, 5) is 14.7. The number of halogens is 1. The fourth-order valence-electron chi connectivity index (χ4n) is 3.62. The van der Waals surface area contributed by atoms with E-state index in [-0.39, 0.29) is 12.1 Å². The van der Waals surface area contributed by atoms with Crippen LogP contribution in [-0.2, 0) is 11.2 Å². The molecule has 1 saturated heterocycles. The van der Waals surface area contributed by atoms with E-state index < -0.39 is 5.60 Å². The van der Waals surface area contributed by atoms with Gasteiger partial charge >= 0.3 is 6.09 Å². The van der Waals surface area contributed by atoms with Gasteiger partial charge < -0.3 is 15.0 Å². The minimum atomic E-state index is -0.492. The van der Waals surface area contributed by atoms with Crippen molar-refractivity contribution in [1.29, 1.82) is 0 Å². The van der Waals surface area contributed by atoms with Crippen LogP contribution in [0.5, 0.6) is 0 Å². The Balaban J connectivity index is 1.66. The van der Waals surface area contributed by atoms with Crippen LogP contribution in [-0.4, -0.2) is 35.7 Å². The van der Waals surface area contributed by atoms with Crippen LogP contribution in [0.15, 0.2) is 54.6 Å². The number of carbonyl (C=O) groups excluding carboxylic acids is 1. The summed E-state index contributed by atoms with van der Waals surface area (Å²) in [6.07, 6.45) is 1.58. The quantitative estimate of drug-likeness (QED) is 0.708. The fourth-order valence-corrected chi connectivity index (χ4v) is 3.74. The Morgan fingerprint density at radius 3 is 2.46 bits per heavy atom. The number of rotatable bonds is 5. The average Bonchev–Trinajstić information content (AvgIpc) is 3.04. The number of hydrogen-bond acceptors (Lipinski definition) is 3. The number of likely N-dealkylation sites (tertiary alicyclic amines) is 1. The van der Waals surface area contributed by atoms with Gasteiger partial charge in [0.2, 0.25) is 0 Å². The third-order valence-electron chi connectivity index (χ3n) is 4.88. The summed E-state index contributed by atoms with van der Waals surface area (Å²) in [5.74, 6) is 0.372. The van der Waals surface area contributed by atoms with E-state index in [4.69, 9.17) is 16.3 Å². The minimum Gasteiger partial charge on any atom is -0.444 e. The smallest absolute Gasteiger partial charge is 0.410 e. The Hall–Kier alpha value is -2.20. The summed E-state index contributed by atoms with van der Waals surface area (Å²) in [6, 6.07) is 18.2. The van der Waals surface area contributed by atoms with Crippen LogP contribution in [0.4, 0.5) is 10.5 Å². The zero-order valence-electron chi connectivity index (χ0n) is 16.8. The first kappa shape index (κ1) is 20.5. The Labute approximate surface area is 172 Å². The summed E-state index contributed by atoms with van der Waals surface area (Å²) in [7, 11) is 0. The highest BCUT2D eigenvalue weighted by Crippen LogP contribution is 2.28. The number of benzene rings is 2. The van der Waals surface area contributed by atoms with Gasteiger partial charge in [-0.1, -0.05) is 41.9 Å². The molecule has 1 amide bonds. The number of nitrogens with one attached hydrogen (secondary N) is 1. The Bertz CT molecular complexity index is 771. The molecule has 3 rings (SSSR count). The van der Waals surface area contributed by atoms with Crippen LogP contribution < -0.4 is 5.32 Å². The molecule has 5 heteroatoms. The van der Waals surface area contributed by atoms with Crippen LogP contribution >= 0.6 is 11.6 Å². The normalized spacial score (nSPS) is 19.5. The monoisotopic (exact) mass is 400 g/mol. The van der Waals surface area contributed by atoms with Gasteiger partial charge in [-0.25, -0.2) is 4.79 Å². The number of amides is 1. The Morgan fingerprint density at radius 2 is 1.82 bits per heavy atom. The zero-order chi connectivity index (χ0) is 20.1. The molecule has 2 aromatic carbocycles. The van der Waals surface area contributed by atoms with E-state index in [2.05, 4.69) is 17.4 Å². The first-order valence-corrected chi connectivity index (χ1v) is 10.2.